The van der Waals surface area contributed by atoms with Gasteiger partial charge < -0.3 is 4.90 Å². The van der Waals surface area contributed by atoms with Crippen molar-refractivity contribution in [3.05, 3.63) is 0 Å². The van der Waals surface area contributed by atoms with Crippen molar-refractivity contribution in [1.82, 2.24) is 14.7 Å². The first-order valence-corrected chi connectivity index (χ1v) is 9.70. The quantitative estimate of drug-likeness (QED) is 0.328. The van der Waals surface area contributed by atoms with Gasteiger partial charge in [0, 0.05) is 6.54 Å². The van der Waals surface area contributed by atoms with Crippen molar-refractivity contribution in [3.63, 3.8) is 0 Å². The molecule has 11 nitrogen and oxygen atoms in total. The third-order valence-electron chi connectivity index (χ3n) is 3.70. The number of hydrogen-bond acceptors (Lipinski definition) is 7. The molecule has 0 aromatic heterocycles. The molecule has 0 aromatic carbocycles. The van der Waals surface area contributed by atoms with Crippen LogP contribution >= 0.6 is 0 Å². The minimum absolute atomic E-state index is 0.0742. The first-order chi connectivity index (χ1) is 10.4. The average molecular weight is 370 g/mol. The zero-order valence-electron chi connectivity index (χ0n) is 12.5. The van der Waals surface area contributed by atoms with Crippen molar-refractivity contribution in [2.45, 2.75) is 44.0 Å². The van der Waals surface area contributed by atoms with Gasteiger partial charge in [0.15, 0.2) is 0 Å². The van der Waals surface area contributed by atoms with E-state index in [4.69, 9.17) is 9.96 Å². The second-order valence-corrected chi connectivity index (χ2v) is 8.86. The van der Waals surface area contributed by atoms with Crippen molar-refractivity contribution in [3.8, 4) is 0 Å². The maximum Gasteiger partial charge on any atom is 0.418 e. The van der Waals surface area contributed by atoms with Crippen LogP contribution in [-0.4, -0.2) is 67.1 Å². The lowest BCUT2D eigenvalue weighted by molar-refractivity contribution is -0.0316. The van der Waals surface area contributed by atoms with Crippen LogP contribution in [0.4, 0.5) is 4.79 Å². The molecule has 3 N–H and O–H groups in total. The Kier molecular flexibility index (Phi) is 4.58. The van der Waals surface area contributed by atoms with Crippen molar-refractivity contribution in [1.29, 1.82) is 5.41 Å². The minimum Gasteiger partial charge on any atom is -0.310 e. The second kappa shape index (κ2) is 5.89. The topological polar surface area (TPSA) is 157 Å². The van der Waals surface area contributed by atoms with Gasteiger partial charge in [-0.25, -0.2) is 13.2 Å². The van der Waals surface area contributed by atoms with Crippen LogP contribution < -0.4 is 4.72 Å². The summed E-state index contributed by atoms with van der Waals surface area (Å²) < 4.78 is 60.3. The van der Waals surface area contributed by atoms with Crippen LogP contribution in [0, 0.1) is 5.41 Å². The average Bonchev–Trinajstić information content (AvgIpc) is 2.62. The summed E-state index contributed by atoms with van der Waals surface area (Å²) in [5, 5.41) is 7.71. The van der Waals surface area contributed by atoms with Crippen molar-refractivity contribution >= 4 is 32.3 Å². The third kappa shape index (κ3) is 3.73. The lowest BCUT2D eigenvalue weighted by atomic mass is 10.0. The molecule has 2 rings (SSSR count). The van der Waals surface area contributed by atoms with Crippen LogP contribution in [-0.2, 0) is 24.7 Å². The number of nitrogens with one attached hydrogen (secondary N) is 2. The van der Waals surface area contributed by atoms with Gasteiger partial charge in [-0.2, -0.15) is 13.5 Å². The maximum atomic E-state index is 12.2. The van der Waals surface area contributed by atoms with E-state index in [1.807, 2.05) is 0 Å². The molecule has 2 aliphatic rings. The first kappa shape index (κ1) is 17.9. The molecule has 0 aromatic rings. The van der Waals surface area contributed by atoms with Crippen molar-refractivity contribution in [2.24, 2.45) is 0 Å². The summed E-state index contributed by atoms with van der Waals surface area (Å²) in [5.41, 5.74) is 0. The van der Waals surface area contributed by atoms with Crippen LogP contribution in [0.1, 0.15) is 26.7 Å². The Morgan fingerprint density at radius 2 is 1.96 bits per heavy atom. The molecule has 23 heavy (non-hydrogen) atoms. The predicted octanol–water partition coefficient (Wildman–Crippen LogP) is -0.706. The van der Waals surface area contributed by atoms with Gasteiger partial charge in [-0.05, 0) is 26.7 Å². The van der Waals surface area contributed by atoms with Gasteiger partial charge in [0.25, 0.3) is 0 Å². The Hall–Kier alpha value is -1.44. The Balaban J connectivity index is 2.14. The normalized spacial score (nSPS) is 25.1. The number of rotatable bonds is 5. The maximum absolute atomic E-state index is 12.2. The summed E-state index contributed by atoms with van der Waals surface area (Å²) in [7, 11) is -8.56. The zero-order chi connectivity index (χ0) is 17.6. The second-order valence-electron chi connectivity index (χ2n) is 5.62. The highest BCUT2D eigenvalue weighted by Gasteiger charge is 2.48. The number of nitrogens with zero attached hydrogens (tertiary/aromatic N) is 2. The van der Waals surface area contributed by atoms with E-state index in [1.165, 1.54) is 13.8 Å². The molecular formula is C10H18N4O7S2. The summed E-state index contributed by atoms with van der Waals surface area (Å²) in [5.74, 6) is -0.362. The SMILES string of the molecule is CC(C)S(=O)(=O)NC(=N)[C@@H]1CC[C@@H]2CN1C(=O)N2OS(=O)(=O)O. The molecule has 0 aliphatic carbocycles. The fourth-order valence-electron chi connectivity index (χ4n) is 2.47. The van der Waals surface area contributed by atoms with Gasteiger partial charge in [0.2, 0.25) is 10.0 Å². The molecule has 2 aliphatic heterocycles. The largest absolute Gasteiger partial charge is 0.418 e. The number of hydrogen-bond donors (Lipinski definition) is 3. The van der Waals surface area contributed by atoms with E-state index in [9.17, 15) is 21.6 Å². The molecule has 2 heterocycles. The molecule has 13 heteroatoms. The van der Waals surface area contributed by atoms with Crippen molar-refractivity contribution in [2.75, 3.05) is 6.54 Å². The molecule has 0 saturated carbocycles. The molecule has 2 amide bonds. The Bertz CT molecular complexity index is 717. The summed E-state index contributed by atoms with van der Waals surface area (Å²) in [6, 6.07) is -2.26. The van der Waals surface area contributed by atoms with Crippen LogP contribution in [0.3, 0.4) is 0 Å². The summed E-state index contributed by atoms with van der Waals surface area (Å²) >= 11 is 0. The molecule has 0 unspecified atom stereocenters. The molecule has 0 spiro atoms. The molecule has 2 fully saturated rings. The van der Waals surface area contributed by atoms with Crippen LogP contribution in [0.2, 0.25) is 0 Å². The zero-order valence-corrected chi connectivity index (χ0v) is 14.1. The number of amidine groups is 1. The number of carbonyl (C=O) groups is 1. The number of sulfonamides is 1. The van der Waals surface area contributed by atoms with Gasteiger partial charge >= 0.3 is 16.4 Å². The lowest BCUT2D eigenvalue weighted by Crippen LogP contribution is -2.51. The number of amides is 2. The van der Waals surface area contributed by atoms with E-state index in [-0.39, 0.29) is 18.8 Å². The fourth-order valence-corrected chi connectivity index (χ4v) is 3.54. The standard InChI is InChI=1S/C10H18N4O7S2/c1-6(2)22(16,17)12-9(11)8-4-3-7-5-13(8)10(15)14(7)21-23(18,19)20/h6-8H,3-5H2,1-2H3,(H2,11,12)(H,18,19,20)/t7-,8+/m1/s1. The fraction of sp³-hybridized carbons (Fsp3) is 0.800. The number of fused-ring (bicyclic) bond motifs is 2. The highest BCUT2D eigenvalue weighted by atomic mass is 32.3. The van der Waals surface area contributed by atoms with Gasteiger partial charge in [-0.1, -0.05) is 0 Å². The molecule has 2 bridgehead atoms. The number of carbonyl (C=O) groups excluding carboxylic acids is 1. The summed E-state index contributed by atoms with van der Waals surface area (Å²) in [4.78, 5) is 13.3. The summed E-state index contributed by atoms with van der Waals surface area (Å²) in [6.07, 6.45) is 0.565. The van der Waals surface area contributed by atoms with Crippen LogP contribution in [0.5, 0.6) is 0 Å². The summed E-state index contributed by atoms with van der Waals surface area (Å²) in [6.45, 7) is 2.98. The number of hydroxylamine groups is 2. The van der Waals surface area contributed by atoms with E-state index in [0.717, 1.165) is 4.90 Å². The molecule has 2 saturated heterocycles. The van der Waals surface area contributed by atoms with Gasteiger partial charge in [0.1, 0.15) is 5.84 Å². The Labute approximate surface area is 134 Å². The van der Waals surface area contributed by atoms with E-state index < -0.39 is 43.8 Å². The van der Waals surface area contributed by atoms with Crippen molar-refractivity contribution < 1.29 is 30.5 Å². The smallest absolute Gasteiger partial charge is 0.310 e. The van der Waals surface area contributed by atoms with E-state index in [2.05, 4.69) is 9.01 Å². The minimum atomic E-state index is -4.84. The van der Waals surface area contributed by atoms with E-state index >= 15 is 0 Å². The first-order valence-electron chi connectivity index (χ1n) is 6.79. The van der Waals surface area contributed by atoms with Crippen LogP contribution in [0.15, 0.2) is 0 Å². The van der Waals surface area contributed by atoms with Gasteiger partial charge in [-0.3, -0.25) is 14.7 Å². The monoisotopic (exact) mass is 370 g/mol. The van der Waals surface area contributed by atoms with E-state index in [0.29, 0.717) is 11.5 Å². The van der Waals surface area contributed by atoms with Crippen LogP contribution in [0.25, 0.3) is 0 Å². The Morgan fingerprint density at radius 1 is 1.35 bits per heavy atom. The third-order valence-corrected chi connectivity index (χ3v) is 5.80. The highest BCUT2D eigenvalue weighted by Crippen LogP contribution is 2.30. The molecule has 132 valence electrons. The lowest BCUT2D eigenvalue weighted by Gasteiger charge is -2.31. The number of piperidine rings is 1. The highest BCUT2D eigenvalue weighted by molar-refractivity contribution is 7.90. The Morgan fingerprint density at radius 3 is 2.48 bits per heavy atom. The number of urea groups is 1. The molecule has 0 radical (unpaired) electrons. The molecule has 2 atom stereocenters. The molecular weight excluding hydrogens is 352 g/mol. The predicted molar refractivity (Wildman–Crippen MR) is 78.3 cm³/mol. The van der Waals surface area contributed by atoms with E-state index in [1.54, 1.807) is 0 Å². The van der Waals surface area contributed by atoms with Gasteiger partial charge in [0.05, 0.1) is 17.3 Å². The van der Waals surface area contributed by atoms with Gasteiger partial charge in [-0.15, -0.1) is 4.28 Å².